The van der Waals surface area contributed by atoms with E-state index in [2.05, 4.69) is 34.8 Å². The van der Waals surface area contributed by atoms with Gasteiger partial charge in [0.05, 0.1) is 22.2 Å². The molecule has 1 aromatic carbocycles. The number of nitriles is 1. The van der Waals surface area contributed by atoms with E-state index in [9.17, 15) is 4.79 Å². The van der Waals surface area contributed by atoms with Gasteiger partial charge in [0.25, 0.3) is 0 Å². The van der Waals surface area contributed by atoms with Crippen LogP contribution in [0.25, 0.3) is 0 Å². The number of carbonyl (C=O) groups excluding carboxylic acids is 1. The molecule has 1 atom stereocenters. The Morgan fingerprint density at radius 2 is 2.12 bits per heavy atom. The molecular weight excluding hydrogens is 332 g/mol. The van der Waals surface area contributed by atoms with Crippen molar-refractivity contribution in [3.05, 3.63) is 41.2 Å². The van der Waals surface area contributed by atoms with Gasteiger partial charge in [0.15, 0.2) is 5.16 Å². The second-order valence-corrected chi connectivity index (χ2v) is 7.29. The maximum Gasteiger partial charge on any atom is 0.237 e. The number of benzene rings is 1. The van der Waals surface area contributed by atoms with Crippen molar-refractivity contribution in [3.63, 3.8) is 0 Å². The molecule has 5 nitrogen and oxygen atoms in total. The van der Waals surface area contributed by atoms with Crippen molar-refractivity contribution in [2.45, 2.75) is 57.5 Å². The number of rotatable bonds is 7. The minimum Gasteiger partial charge on any atom is -0.324 e. The number of imidazole rings is 1. The summed E-state index contributed by atoms with van der Waals surface area (Å²) in [6, 6.07) is 9.11. The summed E-state index contributed by atoms with van der Waals surface area (Å²) >= 11 is 1.45. The normalized spacial score (nSPS) is 11.8. The molecular formula is C19H24N4OS. The van der Waals surface area contributed by atoms with Gasteiger partial charge in [-0.05, 0) is 39.3 Å². The van der Waals surface area contributed by atoms with Crippen LogP contribution in [0, 0.1) is 25.2 Å². The van der Waals surface area contributed by atoms with Crippen molar-refractivity contribution in [1.29, 1.82) is 5.26 Å². The fraction of sp³-hybridized carbons (Fsp3) is 0.421. The van der Waals surface area contributed by atoms with Gasteiger partial charge in [-0.15, -0.1) is 0 Å². The zero-order valence-electron chi connectivity index (χ0n) is 15.2. The number of carbonyl (C=O) groups is 1. The molecule has 1 heterocycles. The summed E-state index contributed by atoms with van der Waals surface area (Å²) in [7, 11) is 0. The summed E-state index contributed by atoms with van der Waals surface area (Å²) in [5, 5.41) is 12.5. The number of hydrogen-bond donors (Lipinski definition) is 1. The lowest BCUT2D eigenvalue weighted by atomic mass is 10.2. The van der Waals surface area contributed by atoms with Gasteiger partial charge in [0.1, 0.15) is 6.07 Å². The second-order valence-electron chi connectivity index (χ2n) is 5.98. The van der Waals surface area contributed by atoms with E-state index in [4.69, 9.17) is 5.26 Å². The van der Waals surface area contributed by atoms with Crippen LogP contribution in [-0.2, 0) is 11.3 Å². The average molecular weight is 356 g/mol. The molecule has 0 saturated heterocycles. The number of amides is 1. The van der Waals surface area contributed by atoms with E-state index >= 15 is 0 Å². The van der Waals surface area contributed by atoms with Crippen molar-refractivity contribution >= 4 is 23.4 Å². The topological polar surface area (TPSA) is 70.7 Å². The summed E-state index contributed by atoms with van der Waals surface area (Å²) in [5.41, 5.74) is 3.16. The monoisotopic (exact) mass is 356 g/mol. The molecule has 0 fully saturated rings. The molecule has 1 N–H and O–H groups in total. The zero-order valence-corrected chi connectivity index (χ0v) is 16.0. The minimum atomic E-state index is -0.312. The minimum absolute atomic E-state index is 0.131. The van der Waals surface area contributed by atoms with E-state index in [1.165, 1.54) is 11.8 Å². The number of nitrogens with zero attached hydrogens (tertiary/aromatic N) is 3. The molecule has 0 saturated carbocycles. The highest BCUT2D eigenvalue weighted by Crippen LogP contribution is 2.27. The first kappa shape index (κ1) is 19.1. The molecule has 0 radical (unpaired) electrons. The SMILES string of the molecule is CCCCn1c(SC(C)C(=O)Nc2ccccc2C#N)nc(C)c1C. The smallest absolute Gasteiger partial charge is 0.237 e. The molecule has 0 aliphatic heterocycles. The maximum atomic E-state index is 12.5. The fourth-order valence-electron chi connectivity index (χ4n) is 2.43. The maximum absolute atomic E-state index is 12.5. The molecule has 0 spiro atoms. The number of para-hydroxylation sites is 1. The van der Waals surface area contributed by atoms with Crippen LogP contribution in [0.4, 0.5) is 5.69 Å². The number of anilines is 1. The van der Waals surface area contributed by atoms with Gasteiger partial charge < -0.3 is 9.88 Å². The standard InChI is InChI=1S/C19H24N4OS/c1-5-6-11-23-14(3)13(2)21-19(23)25-15(4)18(24)22-17-10-8-7-9-16(17)12-20/h7-10,15H,5-6,11H2,1-4H3,(H,22,24). The lowest BCUT2D eigenvalue weighted by Gasteiger charge is -2.14. The highest BCUT2D eigenvalue weighted by Gasteiger charge is 2.20. The predicted octanol–water partition coefficient (Wildman–Crippen LogP) is 4.29. The van der Waals surface area contributed by atoms with Crippen molar-refractivity contribution in [3.8, 4) is 6.07 Å². The summed E-state index contributed by atoms with van der Waals surface area (Å²) in [6.07, 6.45) is 2.20. The third-order valence-electron chi connectivity index (χ3n) is 4.11. The largest absolute Gasteiger partial charge is 0.324 e. The number of hydrogen-bond acceptors (Lipinski definition) is 4. The van der Waals surface area contributed by atoms with Crippen molar-refractivity contribution in [2.75, 3.05) is 5.32 Å². The molecule has 132 valence electrons. The third kappa shape index (κ3) is 4.64. The van der Waals surface area contributed by atoms with Crippen molar-refractivity contribution in [2.24, 2.45) is 0 Å². The summed E-state index contributed by atoms with van der Waals surface area (Å²) in [4.78, 5) is 17.1. The molecule has 1 amide bonds. The van der Waals surface area contributed by atoms with E-state index in [1.807, 2.05) is 13.8 Å². The van der Waals surface area contributed by atoms with E-state index < -0.39 is 0 Å². The number of aromatic nitrogens is 2. The van der Waals surface area contributed by atoms with Crippen LogP contribution in [0.3, 0.4) is 0 Å². The van der Waals surface area contributed by atoms with Gasteiger partial charge in [-0.3, -0.25) is 4.79 Å². The average Bonchev–Trinajstić information content (AvgIpc) is 2.87. The first-order valence-electron chi connectivity index (χ1n) is 8.48. The van der Waals surface area contributed by atoms with Gasteiger partial charge in [-0.25, -0.2) is 4.98 Å². The lowest BCUT2D eigenvalue weighted by molar-refractivity contribution is -0.115. The highest BCUT2D eigenvalue weighted by molar-refractivity contribution is 8.00. The molecule has 1 aromatic heterocycles. The van der Waals surface area contributed by atoms with Gasteiger partial charge >= 0.3 is 0 Å². The van der Waals surface area contributed by atoms with Crippen LogP contribution in [0.1, 0.15) is 43.6 Å². The van der Waals surface area contributed by atoms with E-state index in [0.717, 1.165) is 35.9 Å². The van der Waals surface area contributed by atoms with E-state index in [0.29, 0.717) is 11.3 Å². The van der Waals surface area contributed by atoms with Crippen LogP contribution in [-0.4, -0.2) is 20.7 Å². The molecule has 0 aliphatic carbocycles. The van der Waals surface area contributed by atoms with Crippen molar-refractivity contribution in [1.82, 2.24) is 9.55 Å². The number of thioether (sulfide) groups is 1. The number of aryl methyl sites for hydroxylation is 1. The van der Waals surface area contributed by atoms with Crippen LogP contribution < -0.4 is 5.32 Å². The molecule has 0 bridgehead atoms. The number of unbranched alkanes of at least 4 members (excludes halogenated alkanes) is 1. The Morgan fingerprint density at radius 3 is 2.80 bits per heavy atom. The fourth-order valence-corrected chi connectivity index (χ4v) is 3.46. The quantitative estimate of drug-likeness (QED) is 0.751. The Morgan fingerprint density at radius 1 is 1.40 bits per heavy atom. The first-order chi connectivity index (χ1) is 12.0. The first-order valence-corrected chi connectivity index (χ1v) is 9.36. The van der Waals surface area contributed by atoms with Crippen LogP contribution in [0.15, 0.2) is 29.4 Å². The zero-order chi connectivity index (χ0) is 18.4. The van der Waals surface area contributed by atoms with Gasteiger partial charge in [-0.1, -0.05) is 37.2 Å². The highest BCUT2D eigenvalue weighted by atomic mass is 32.2. The van der Waals surface area contributed by atoms with Gasteiger partial charge in [0.2, 0.25) is 5.91 Å². The van der Waals surface area contributed by atoms with E-state index in [-0.39, 0.29) is 11.2 Å². The third-order valence-corrected chi connectivity index (χ3v) is 5.20. The van der Waals surface area contributed by atoms with E-state index in [1.54, 1.807) is 24.3 Å². The summed E-state index contributed by atoms with van der Waals surface area (Å²) in [5.74, 6) is -0.131. The Bertz CT molecular complexity index is 791. The van der Waals surface area contributed by atoms with Crippen LogP contribution >= 0.6 is 11.8 Å². The predicted molar refractivity (Wildman–Crippen MR) is 102 cm³/mol. The molecule has 0 aliphatic rings. The van der Waals surface area contributed by atoms with Crippen LogP contribution in [0.5, 0.6) is 0 Å². The molecule has 6 heteroatoms. The summed E-state index contributed by atoms with van der Waals surface area (Å²) in [6.45, 7) is 9.00. The Hall–Kier alpha value is -2.26. The molecule has 2 rings (SSSR count). The second kappa shape index (κ2) is 8.72. The van der Waals surface area contributed by atoms with Crippen LogP contribution in [0.2, 0.25) is 0 Å². The Labute approximate surface area is 153 Å². The lowest BCUT2D eigenvalue weighted by Crippen LogP contribution is -2.23. The van der Waals surface area contributed by atoms with Gasteiger partial charge in [0, 0.05) is 12.2 Å². The Kier molecular flexibility index (Phi) is 6.65. The molecule has 25 heavy (non-hydrogen) atoms. The summed E-state index contributed by atoms with van der Waals surface area (Å²) < 4.78 is 2.19. The molecule has 1 unspecified atom stereocenters. The van der Waals surface area contributed by atoms with Gasteiger partial charge in [-0.2, -0.15) is 5.26 Å². The molecule has 2 aromatic rings. The number of nitrogens with one attached hydrogen (secondary N) is 1. The van der Waals surface area contributed by atoms with Crippen molar-refractivity contribution < 1.29 is 4.79 Å². The Balaban J connectivity index is 2.11.